The van der Waals surface area contributed by atoms with Crippen LogP contribution in [0.15, 0.2) is 54.1 Å². The van der Waals surface area contributed by atoms with Gasteiger partial charge in [0.25, 0.3) is 5.91 Å². The van der Waals surface area contributed by atoms with Gasteiger partial charge in [-0.2, -0.15) is 5.26 Å². The summed E-state index contributed by atoms with van der Waals surface area (Å²) in [6.07, 6.45) is 0.298. The number of ketones is 1. The van der Waals surface area contributed by atoms with Gasteiger partial charge in [-0.3, -0.25) is 9.59 Å². The molecule has 154 valence electrons. The molecule has 1 atom stereocenters. The fourth-order valence-electron chi connectivity index (χ4n) is 2.62. The van der Waals surface area contributed by atoms with E-state index >= 15 is 0 Å². The summed E-state index contributed by atoms with van der Waals surface area (Å²) in [7, 11) is 0. The van der Waals surface area contributed by atoms with Gasteiger partial charge in [-0.15, -0.1) is 0 Å². The van der Waals surface area contributed by atoms with Crippen LogP contribution in [0, 0.1) is 11.3 Å². The summed E-state index contributed by atoms with van der Waals surface area (Å²) in [4.78, 5) is 36.1. The minimum absolute atomic E-state index is 0.129. The van der Waals surface area contributed by atoms with Crippen molar-refractivity contribution in [3.63, 3.8) is 0 Å². The van der Waals surface area contributed by atoms with Crippen molar-refractivity contribution in [1.29, 1.82) is 5.26 Å². The molecule has 1 amide bonds. The monoisotopic (exact) mass is 404 g/mol. The molecular weight excluding hydrogens is 380 g/mol. The van der Waals surface area contributed by atoms with Crippen LogP contribution < -0.4 is 5.32 Å². The van der Waals surface area contributed by atoms with Gasteiger partial charge in [-0.05, 0) is 49.1 Å². The molecule has 0 heterocycles. The maximum Gasteiger partial charge on any atom is 0.349 e. The van der Waals surface area contributed by atoms with Gasteiger partial charge in [0, 0.05) is 11.3 Å². The van der Waals surface area contributed by atoms with Crippen molar-refractivity contribution >= 4 is 29.4 Å². The molecule has 0 aliphatic carbocycles. The summed E-state index contributed by atoms with van der Waals surface area (Å²) in [6, 6.07) is 15.8. The van der Waals surface area contributed by atoms with Gasteiger partial charge >= 0.3 is 5.97 Å². The van der Waals surface area contributed by atoms with Crippen LogP contribution in [-0.2, 0) is 14.3 Å². The lowest BCUT2D eigenvalue weighted by atomic mass is 10.0. The Bertz CT molecular complexity index is 1010. The molecule has 1 N–H and O–H groups in total. The van der Waals surface area contributed by atoms with Crippen LogP contribution in [-0.4, -0.2) is 23.8 Å². The van der Waals surface area contributed by atoms with Crippen molar-refractivity contribution in [2.45, 2.75) is 39.7 Å². The molecule has 2 aromatic carbocycles. The second-order valence-electron chi connectivity index (χ2n) is 7.16. The van der Waals surface area contributed by atoms with Gasteiger partial charge in [0.15, 0.2) is 11.9 Å². The fraction of sp³-hybridized carbons (Fsp3) is 0.250. The summed E-state index contributed by atoms with van der Waals surface area (Å²) < 4.78 is 5.14. The van der Waals surface area contributed by atoms with Crippen LogP contribution in [0.2, 0.25) is 0 Å². The number of carbonyl (C=O) groups excluding carboxylic acids is 3. The molecule has 2 rings (SSSR count). The first-order valence-corrected chi connectivity index (χ1v) is 9.56. The molecule has 0 spiro atoms. The Hall–Kier alpha value is -3.72. The Balaban J connectivity index is 2.05. The Morgan fingerprint density at radius 3 is 2.30 bits per heavy atom. The van der Waals surface area contributed by atoms with Gasteiger partial charge in [0.05, 0.1) is 0 Å². The van der Waals surface area contributed by atoms with Crippen LogP contribution >= 0.6 is 0 Å². The number of anilines is 1. The number of esters is 1. The van der Waals surface area contributed by atoms with Crippen molar-refractivity contribution in [2.24, 2.45) is 0 Å². The highest BCUT2D eigenvalue weighted by Gasteiger charge is 2.21. The first kappa shape index (κ1) is 22.6. The topological polar surface area (TPSA) is 96.3 Å². The zero-order chi connectivity index (χ0) is 22.3. The van der Waals surface area contributed by atoms with Crippen molar-refractivity contribution < 1.29 is 19.1 Å². The second kappa shape index (κ2) is 10.2. The highest BCUT2D eigenvalue weighted by atomic mass is 16.5. The fourth-order valence-corrected chi connectivity index (χ4v) is 2.62. The Kier molecular flexibility index (Phi) is 7.65. The highest BCUT2D eigenvalue weighted by molar-refractivity contribution is 6.01. The number of nitrogens with zero attached hydrogens (tertiary/aromatic N) is 1. The first-order chi connectivity index (χ1) is 14.2. The third-order valence-corrected chi connectivity index (χ3v) is 4.44. The molecule has 0 saturated carbocycles. The minimum atomic E-state index is -1.13. The van der Waals surface area contributed by atoms with E-state index in [1.54, 1.807) is 18.2 Å². The number of hydrogen-bond acceptors (Lipinski definition) is 5. The Morgan fingerprint density at radius 2 is 1.73 bits per heavy atom. The summed E-state index contributed by atoms with van der Waals surface area (Å²) in [6.45, 7) is 6.99. The summed E-state index contributed by atoms with van der Waals surface area (Å²) in [5.41, 5.74) is 2.50. The maximum absolute atomic E-state index is 12.3. The van der Waals surface area contributed by atoms with E-state index in [0.717, 1.165) is 5.56 Å². The van der Waals surface area contributed by atoms with Gasteiger partial charge in [0.1, 0.15) is 11.6 Å². The predicted octanol–water partition coefficient (Wildman–Crippen LogP) is 4.49. The summed E-state index contributed by atoms with van der Waals surface area (Å²) in [5.74, 6) is -1.21. The van der Waals surface area contributed by atoms with E-state index in [1.165, 1.54) is 26.0 Å². The molecule has 0 aliphatic heterocycles. The molecule has 0 fully saturated rings. The summed E-state index contributed by atoms with van der Waals surface area (Å²) >= 11 is 0. The lowest BCUT2D eigenvalue weighted by molar-refractivity contribution is -0.148. The van der Waals surface area contributed by atoms with E-state index < -0.39 is 18.0 Å². The van der Waals surface area contributed by atoms with Crippen LogP contribution in [0.3, 0.4) is 0 Å². The standard InChI is InChI=1S/C24H24N2O4/c1-15(2)19-10-8-18(9-11-19)12-21(14-25)24(29)30-17(4)23(28)26-22-7-5-6-20(13-22)16(3)27/h5-13,15,17H,1-4H3,(H,26,28)/b21-12+/t17-/m0/s1. The first-order valence-electron chi connectivity index (χ1n) is 9.56. The van der Waals surface area contributed by atoms with Crippen molar-refractivity contribution in [3.8, 4) is 6.07 Å². The number of carbonyl (C=O) groups is 3. The van der Waals surface area contributed by atoms with E-state index in [2.05, 4.69) is 19.2 Å². The number of Topliss-reactive ketones (excluding diaryl/α,β-unsaturated/α-hetero) is 1. The molecule has 2 aromatic rings. The summed E-state index contributed by atoms with van der Waals surface area (Å²) in [5, 5.41) is 11.9. The van der Waals surface area contributed by atoms with Crippen LogP contribution in [0.5, 0.6) is 0 Å². The molecule has 0 unspecified atom stereocenters. The van der Waals surface area contributed by atoms with E-state index in [-0.39, 0.29) is 11.4 Å². The number of ether oxygens (including phenoxy) is 1. The van der Waals surface area contributed by atoms with Crippen molar-refractivity contribution in [1.82, 2.24) is 0 Å². The minimum Gasteiger partial charge on any atom is -0.448 e. The lowest BCUT2D eigenvalue weighted by Crippen LogP contribution is -2.30. The van der Waals surface area contributed by atoms with Crippen LogP contribution in [0.25, 0.3) is 6.08 Å². The van der Waals surface area contributed by atoms with E-state index in [4.69, 9.17) is 4.74 Å². The Morgan fingerprint density at radius 1 is 1.07 bits per heavy atom. The third-order valence-electron chi connectivity index (χ3n) is 4.44. The largest absolute Gasteiger partial charge is 0.448 e. The number of rotatable bonds is 7. The van der Waals surface area contributed by atoms with Gasteiger partial charge in [0.2, 0.25) is 0 Å². The second-order valence-corrected chi connectivity index (χ2v) is 7.16. The van der Waals surface area contributed by atoms with E-state index in [9.17, 15) is 19.6 Å². The lowest BCUT2D eigenvalue weighted by Gasteiger charge is -2.13. The molecule has 30 heavy (non-hydrogen) atoms. The normalized spacial score (nSPS) is 12.1. The zero-order valence-corrected chi connectivity index (χ0v) is 17.4. The average Bonchev–Trinajstić information content (AvgIpc) is 2.72. The number of hydrogen-bond donors (Lipinski definition) is 1. The molecule has 6 nitrogen and oxygen atoms in total. The number of nitrogens with one attached hydrogen (secondary N) is 1. The molecule has 0 radical (unpaired) electrons. The van der Waals surface area contributed by atoms with E-state index in [0.29, 0.717) is 22.7 Å². The number of nitriles is 1. The molecule has 0 bridgehead atoms. The molecule has 0 aliphatic rings. The van der Waals surface area contributed by atoms with Crippen molar-refractivity contribution in [3.05, 3.63) is 70.8 Å². The van der Waals surface area contributed by atoms with Crippen molar-refractivity contribution in [2.75, 3.05) is 5.32 Å². The maximum atomic E-state index is 12.3. The zero-order valence-electron chi connectivity index (χ0n) is 17.4. The number of amides is 1. The SMILES string of the molecule is CC(=O)c1cccc(NC(=O)[C@H](C)OC(=O)/C(C#N)=C/c2ccc(C(C)C)cc2)c1. The van der Waals surface area contributed by atoms with Gasteiger partial charge < -0.3 is 10.1 Å². The third kappa shape index (κ3) is 6.14. The van der Waals surface area contributed by atoms with Crippen LogP contribution in [0.1, 0.15) is 55.1 Å². The van der Waals surface area contributed by atoms with E-state index in [1.807, 2.05) is 30.3 Å². The predicted molar refractivity (Wildman–Crippen MR) is 115 cm³/mol. The molecule has 0 aromatic heterocycles. The highest BCUT2D eigenvalue weighted by Crippen LogP contribution is 2.17. The van der Waals surface area contributed by atoms with Crippen LogP contribution in [0.4, 0.5) is 5.69 Å². The van der Waals surface area contributed by atoms with Gasteiger partial charge in [-0.25, -0.2) is 4.79 Å². The number of benzene rings is 2. The van der Waals surface area contributed by atoms with Gasteiger partial charge in [-0.1, -0.05) is 50.2 Å². The molecular formula is C24H24N2O4. The Labute approximate surface area is 176 Å². The quantitative estimate of drug-likeness (QED) is 0.317. The average molecular weight is 404 g/mol. The molecule has 0 saturated heterocycles. The molecule has 6 heteroatoms. The smallest absolute Gasteiger partial charge is 0.349 e.